The number of carbonyl (C=O) groups excluding carboxylic acids is 1. The molecule has 1 heterocycles. The molecule has 1 aromatic heterocycles. The summed E-state index contributed by atoms with van der Waals surface area (Å²) in [6.45, 7) is 0. The van der Waals surface area contributed by atoms with E-state index in [-0.39, 0.29) is 5.78 Å². The Labute approximate surface area is 127 Å². The number of aromatic nitrogens is 1. The van der Waals surface area contributed by atoms with Gasteiger partial charge in [-0.1, -0.05) is 60.7 Å². The Morgan fingerprint density at radius 1 is 0.636 bits per heavy atom. The highest BCUT2D eigenvalue weighted by atomic mass is 16.1. The predicted molar refractivity (Wildman–Crippen MR) is 88.1 cm³/mol. The zero-order valence-corrected chi connectivity index (χ0v) is 11.7. The first-order valence-electron chi connectivity index (χ1n) is 7.30. The maximum atomic E-state index is 12.9. The van der Waals surface area contributed by atoms with Crippen LogP contribution >= 0.6 is 0 Å². The average molecular weight is 281 g/mol. The third-order valence-electron chi connectivity index (χ3n) is 4.40. The van der Waals surface area contributed by atoms with Crippen LogP contribution in [0.4, 0.5) is 0 Å². The van der Waals surface area contributed by atoms with Gasteiger partial charge in [-0.3, -0.25) is 4.79 Å². The fourth-order valence-electron chi connectivity index (χ4n) is 3.44. The fourth-order valence-corrected chi connectivity index (χ4v) is 3.44. The zero-order valence-electron chi connectivity index (χ0n) is 11.7. The van der Waals surface area contributed by atoms with Gasteiger partial charge in [-0.05, 0) is 22.6 Å². The molecule has 2 nitrogen and oxygen atoms in total. The minimum Gasteiger partial charge on any atom is -0.287 e. The molecule has 0 unspecified atom stereocenters. The van der Waals surface area contributed by atoms with Crippen LogP contribution < -0.4 is 0 Å². The summed E-state index contributed by atoms with van der Waals surface area (Å²) in [5, 5.41) is 3.17. The first kappa shape index (κ1) is 11.6. The molecule has 0 N–H and O–H groups in total. The van der Waals surface area contributed by atoms with Gasteiger partial charge in [0.2, 0.25) is 5.78 Å². The lowest BCUT2D eigenvalue weighted by molar-refractivity contribution is 0.103. The smallest absolute Gasteiger partial charge is 0.212 e. The second kappa shape index (κ2) is 4.01. The van der Waals surface area contributed by atoms with E-state index in [0.717, 1.165) is 38.4 Å². The summed E-state index contributed by atoms with van der Waals surface area (Å²) in [7, 11) is 0. The van der Waals surface area contributed by atoms with Gasteiger partial charge < -0.3 is 0 Å². The molecule has 0 spiro atoms. The molecular formula is C20H11NO. The summed E-state index contributed by atoms with van der Waals surface area (Å²) < 4.78 is 0. The van der Waals surface area contributed by atoms with E-state index in [1.54, 1.807) is 0 Å². The number of fused-ring (bicyclic) bond motifs is 4. The zero-order chi connectivity index (χ0) is 14.7. The Balaban J connectivity index is 2.09. The summed E-state index contributed by atoms with van der Waals surface area (Å²) in [5.74, 6) is 0.0186. The molecular weight excluding hydrogens is 270 g/mol. The van der Waals surface area contributed by atoms with E-state index in [4.69, 9.17) is 0 Å². The van der Waals surface area contributed by atoms with Crippen molar-refractivity contribution in [2.45, 2.75) is 0 Å². The van der Waals surface area contributed by atoms with E-state index in [1.165, 1.54) is 0 Å². The third kappa shape index (κ3) is 1.34. The van der Waals surface area contributed by atoms with Crippen molar-refractivity contribution in [2.24, 2.45) is 0 Å². The quantitative estimate of drug-likeness (QED) is 0.388. The van der Waals surface area contributed by atoms with Crippen LogP contribution in [0.25, 0.3) is 32.8 Å². The lowest BCUT2D eigenvalue weighted by atomic mass is 9.84. The second-order valence-corrected chi connectivity index (χ2v) is 5.58. The van der Waals surface area contributed by atoms with Crippen LogP contribution in [-0.2, 0) is 0 Å². The molecule has 1 aliphatic carbocycles. The molecule has 5 rings (SSSR count). The highest BCUT2D eigenvalue weighted by Gasteiger charge is 2.26. The molecule has 3 aromatic carbocycles. The molecule has 22 heavy (non-hydrogen) atoms. The van der Waals surface area contributed by atoms with Crippen molar-refractivity contribution < 1.29 is 4.79 Å². The number of pyridine rings is 1. The van der Waals surface area contributed by atoms with Crippen molar-refractivity contribution in [3.05, 3.63) is 78.0 Å². The maximum absolute atomic E-state index is 12.9. The molecule has 0 saturated heterocycles. The van der Waals surface area contributed by atoms with Gasteiger partial charge in [0.15, 0.2) is 0 Å². The van der Waals surface area contributed by atoms with Crippen molar-refractivity contribution in [3.8, 4) is 11.1 Å². The molecule has 0 bridgehead atoms. The fraction of sp³-hybridized carbons (Fsp3) is 0. The molecule has 0 radical (unpaired) electrons. The molecule has 0 atom stereocenters. The predicted octanol–water partition coefficient (Wildman–Crippen LogP) is 4.60. The maximum Gasteiger partial charge on any atom is 0.212 e. The molecule has 0 fully saturated rings. The van der Waals surface area contributed by atoms with E-state index in [2.05, 4.69) is 29.2 Å². The van der Waals surface area contributed by atoms with Crippen LogP contribution in [0, 0.1) is 0 Å². The van der Waals surface area contributed by atoms with Crippen LogP contribution in [0.1, 0.15) is 16.1 Å². The van der Waals surface area contributed by atoms with E-state index >= 15 is 0 Å². The summed E-state index contributed by atoms with van der Waals surface area (Å²) in [6, 6.07) is 22.0. The van der Waals surface area contributed by atoms with Crippen molar-refractivity contribution in [1.82, 2.24) is 4.98 Å². The van der Waals surface area contributed by atoms with Gasteiger partial charge in [-0.2, -0.15) is 0 Å². The summed E-state index contributed by atoms with van der Waals surface area (Å²) in [4.78, 5) is 17.5. The van der Waals surface area contributed by atoms with Gasteiger partial charge in [0.25, 0.3) is 0 Å². The number of nitrogens with zero attached hydrogens (tertiary/aromatic N) is 1. The Hall–Kier alpha value is -3.00. The minimum absolute atomic E-state index is 0.0186. The SMILES string of the molecule is O=C1c2ccccc2-c2cccc3c2c1nc1ccccc13. The molecule has 102 valence electrons. The number of hydrogen-bond donors (Lipinski definition) is 0. The molecule has 0 aliphatic heterocycles. The van der Waals surface area contributed by atoms with E-state index in [0.29, 0.717) is 5.69 Å². The van der Waals surface area contributed by atoms with Crippen LogP contribution in [0.15, 0.2) is 66.7 Å². The van der Waals surface area contributed by atoms with Crippen molar-refractivity contribution in [3.63, 3.8) is 0 Å². The highest BCUT2D eigenvalue weighted by molar-refractivity contribution is 6.28. The lowest BCUT2D eigenvalue weighted by Gasteiger charge is -2.20. The monoisotopic (exact) mass is 281 g/mol. The van der Waals surface area contributed by atoms with Crippen molar-refractivity contribution >= 4 is 27.5 Å². The summed E-state index contributed by atoms with van der Waals surface area (Å²) in [6.07, 6.45) is 0. The third-order valence-corrected chi connectivity index (χ3v) is 4.40. The van der Waals surface area contributed by atoms with Gasteiger partial charge >= 0.3 is 0 Å². The van der Waals surface area contributed by atoms with Gasteiger partial charge in [-0.25, -0.2) is 4.98 Å². The Bertz CT molecular complexity index is 1100. The topological polar surface area (TPSA) is 30.0 Å². The normalized spacial score (nSPS) is 12.6. The largest absolute Gasteiger partial charge is 0.287 e. The number of rotatable bonds is 0. The highest BCUT2D eigenvalue weighted by Crippen LogP contribution is 2.40. The lowest BCUT2D eigenvalue weighted by Crippen LogP contribution is -2.12. The van der Waals surface area contributed by atoms with E-state index in [9.17, 15) is 4.79 Å². The Kier molecular flexibility index (Phi) is 2.12. The first-order valence-corrected chi connectivity index (χ1v) is 7.30. The number of para-hydroxylation sites is 1. The second-order valence-electron chi connectivity index (χ2n) is 5.58. The Morgan fingerprint density at radius 2 is 1.32 bits per heavy atom. The van der Waals surface area contributed by atoms with Gasteiger partial charge in [0.05, 0.1) is 5.52 Å². The average Bonchev–Trinajstić information content (AvgIpc) is 2.59. The van der Waals surface area contributed by atoms with Crippen molar-refractivity contribution in [1.29, 1.82) is 0 Å². The molecule has 0 saturated carbocycles. The molecule has 1 aliphatic rings. The number of benzene rings is 3. The van der Waals surface area contributed by atoms with Gasteiger partial charge in [-0.15, -0.1) is 0 Å². The number of ketones is 1. The molecule has 4 aromatic rings. The van der Waals surface area contributed by atoms with Crippen LogP contribution in [0.3, 0.4) is 0 Å². The van der Waals surface area contributed by atoms with Crippen LogP contribution in [0.5, 0.6) is 0 Å². The summed E-state index contributed by atoms with van der Waals surface area (Å²) in [5.41, 5.74) is 4.28. The standard InChI is InChI=1S/C20H11NO/c22-20-16-8-2-1-6-12(16)14-9-5-10-15-13-7-3-4-11-17(13)21-19(20)18(14)15/h1-11H. The first-order chi connectivity index (χ1) is 10.8. The van der Waals surface area contributed by atoms with Crippen molar-refractivity contribution in [2.75, 3.05) is 0 Å². The molecule has 0 amide bonds. The van der Waals surface area contributed by atoms with E-state index < -0.39 is 0 Å². The van der Waals surface area contributed by atoms with Gasteiger partial charge in [0, 0.05) is 16.3 Å². The van der Waals surface area contributed by atoms with Crippen LogP contribution in [0.2, 0.25) is 0 Å². The van der Waals surface area contributed by atoms with Gasteiger partial charge in [0.1, 0.15) is 5.69 Å². The van der Waals surface area contributed by atoms with Crippen LogP contribution in [-0.4, -0.2) is 10.8 Å². The molecule has 2 heteroatoms. The summed E-state index contributed by atoms with van der Waals surface area (Å²) >= 11 is 0. The Morgan fingerprint density at radius 3 is 2.23 bits per heavy atom. The minimum atomic E-state index is 0.0186. The number of hydrogen-bond acceptors (Lipinski definition) is 2. The van der Waals surface area contributed by atoms with E-state index in [1.807, 2.05) is 42.5 Å². The number of carbonyl (C=O) groups is 1.